The van der Waals surface area contributed by atoms with Gasteiger partial charge in [-0.1, -0.05) is 28.1 Å². The minimum atomic E-state index is 0.0854. The maximum atomic E-state index is 12.2. The number of rotatable bonds is 4. The Morgan fingerprint density at radius 1 is 1.43 bits per heavy atom. The summed E-state index contributed by atoms with van der Waals surface area (Å²) in [5.74, 6) is 1.26. The SMILES string of the molecule is Cc1nccc(CNC(=O)[C@H]2C[C@H]2c2cccc(Br)c2)n1. The summed E-state index contributed by atoms with van der Waals surface area (Å²) < 4.78 is 1.06. The van der Waals surface area contributed by atoms with Crippen LogP contribution in [0.15, 0.2) is 41.0 Å². The van der Waals surface area contributed by atoms with Gasteiger partial charge in [0.1, 0.15) is 5.82 Å². The van der Waals surface area contributed by atoms with Crippen molar-refractivity contribution >= 4 is 21.8 Å². The Labute approximate surface area is 132 Å². The van der Waals surface area contributed by atoms with Crippen LogP contribution in [0.1, 0.15) is 29.4 Å². The van der Waals surface area contributed by atoms with Gasteiger partial charge in [0.05, 0.1) is 12.2 Å². The number of carbonyl (C=O) groups excluding carboxylic acids is 1. The number of aromatic nitrogens is 2. The van der Waals surface area contributed by atoms with Crippen LogP contribution in [-0.4, -0.2) is 15.9 Å². The molecule has 5 heteroatoms. The van der Waals surface area contributed by atoms with E-state index < -0.39 is 0 Å². The molecule has 1 fully saturated rings. The highest BCUT2D eigenvalue weighted by molar-refractivity contribution is 9.10. The van der Waals surface area contributed by atoms with Gasteiger partial charge >= 0.3 is 0 Å². The van der Waals surface area contributed by atoms with Gasteiger partial charge < -0.3 is 5.32 Å². The lowest BCUT2D eigenvalue weighted by atomic mass is 10.1. The van der Waals surface area contributed by atoms with Crippen LogP contribution in [0.5, 0.6) is 0 Å². The number of nitrogens with zero attached hydrogens (tertiary/aromatic N) is 2. The van der Waals surface area contributed by atoms with Crippen molar-refractivity contribution in [3.05, 3.63) is 58.1 Å². The summed E-state index contributed by atoms with van der Waals surface area (Å²) in [5, 5.41) is 2.96. The second-order valence-corrected chi connectivity index (χ2v) is 6.23. The van der Waals surface area contributed by atoms with Crippen LogP contribution in [0.25, 0.3) is 0 Å². The van der Waals surface area contributed by atoms with Crippen molar-refractivity contribution in [1.82, 2.24) is 15.3 Å². The number of hydrogen-bond donors (Lipinski definition) is 1. The van der Waals surface area contributed by atoms with Gasteiger partial charge in [0.25, 0.3) is 0 Å². The predicted octanol–water partition coefficient (Wildman–Crippen LogP) is 2.97. The Morgan fingerprint density at radius 3 is 3.05 bits per heavy atom. The van der Waals surface area contributed by atoms with Crippen molar-refractivity contribution in [2.45, 2.75) is 25.8 Å². The molecule has 1 heterocycles. The van der Waals surface area contributed by atoms with Crippen molar-refractivity contribution in [1.29, 1.82) is 0 Å². The third-order valence-corrected chi connectivity index (χ3v) is 4.17. The van der Waals surface area contributed by atoms with Gasteiger partial charge in [-0.25, -0.2) is 9.97 Å². The number of carbonyl (C=O) groups is 1. The van der Waals surface area contributed by atoms with Crippen LogP contribution in [0.2, 0.25) is 0 Å². The minimum absolute atomic E-state index is 0.0854. The first-order chi connectivity index (χ1) is 10.1. The van der Waals surface area contributed by atoms with Crippen molar-refractivity contribution in [3.63, 3.8) is 0 Å². The molecule has 2 atom stereocenters. The zero-order valence-electron chi connectivity index (χ0n) is 11.7. The molecule has 0 saturated heterocycles. The van der Waals surface area contributed by atoms with Crippen molar-refractivity contribution in [2.75, 3.05) is 0 Å². The Kier molecular flexibility index (Phi) is 4.01. The molecule has 1 amide bonds. The number of amides is 1. The van der Waals surface area contributed by atoms with Gasteiger partial charge in [0, 0.05) is 16.6 Å². The number of halogens is 1. The third kappa shape index (κ3) is 3.47. The Balaban J connectivity index is 1.56. The van der Waals surface area contributed by atoms with E-state index in [9.17, 15) is 4.79 Å². The molecule has 21 heavy (non-hydrogen) atoms. The smallest absolute Gasteiger partial charge is 0.224 e. The van der Waals surface area contributed by atoms with Crippen LogP contribution in [-0.2, 0) is 11.3 Å². The molecule has 0 aliphatic heterocycles. The molecule has 0 radical (unpaired) electrons. The van der Waals surface area contributed by atoms with Crippen LogP contribution < -0.4 is 5.32 Å². The van der Waals surface area contributed by atoms with Gasteiger partial charge in [-0.3, -0.25) is 4.79 Å². The fraction of sp³-hybridized carbons (Fsp3) is 0.312. The molecule has 1 N–H and O–H groups in total. The predicted molar refractivity (Wildman–Crippen MR) is 83.6 cm³/mol. The second-order valence-electron chi connectivity index (χ2n) is 5.32. The first-order valence-corrected chi connectivity index (χ1v) is 7.74. The minimum Gasteiger partial charge on any atom is -0.350 e. The lowest BCUT2D eigenvalue weighted by Crippen LogP contribution is -2.25. The van der Waals surface area contributed by atoms with Crippen molar-refractivity contribution < 1.29 is 4.79 Å². The highest BCUT2D eigenvalue weighted by Gasteiger charge is 2.43. The van der Waals surface area contributed by atoms with E-state index in [0.717, 1.165) is 22.4 Å². The Morgan fingerprint density at radius 2 is 2.29 bits per heavy atom. The summed E-state index contributed by atoms with van der Waals surface area (Å²) in [6.45, 7) is 2.30. The van der Waals surface area contributed by atoms with E-state index in [-0.39, 0.29) is 11.8 Å². The standard InChI is InChI=1S/C16H16BrN3O/c1-10-18-6-5-13(20-10)9-19-16(21)15-8-14(15)11-3-2-4-12(17)7-11/h2-7,14-15H,8-9H2,1H3,(H,19,21)/t14-,15-/m0/s1. The molecule has 0 unspecified atom stereocenters. The first kappa shape index (κ1) is 14.2. The molecular formula is C16H16BrN3O. The molecular weight excluding hydrogens is 330 g/mol. The van der Waals surface area contributed by atoms with Gasteiger partial charge in [-0.15, -0.1) is 0 Å². The number of hydrogen-bond acceptors (Lipinski definition) is 3. The first-order valence-electron chi connectivity index (χ1n) is 6.95. The van der Waals surface area contributed by atoms with Gasteiger partial charge in [-0.05, 0) is 43.0 Å². The highest BCUT2D eigenvalue weighted by Crippen LogP contribution is 2.47. The molecule has 1 aliphatic rings. The van der Waals surface area contributed by atoms with Crippen molar-refractivity contribution in [3.8, 4) is 0 Å². The summed E-state index contributed by atoms with van der Waals surface area (Å²) >= 11 is 3.47. The molecule has 2 aromatic rings. The topological polar surface area (TPSA) is 54.9 Å². The molecule has 108 valence electrons. The summed E-state index contributed by atoms with van der Waals surface area (Å²) in [6, 6.07) is 10.0. The van der Waals surface area contributed by atoms with Crippen LogP contribution in [0.4, 0.5) is 0 Å². The molecule has 0 bridgehead atoms. The second kappa shape index (κ2) is 5.93. The average Bonchev–Trinajstić information content (AvgIpc) is 3.25. The van der Waals surface area contributed by atoms with E-state index >= 15 is 0 Å². The number of aryl methyl sites for hydroxylation is 1. The third-order valence-electron chi connectivity index (χ3n) is 3.68. The van der Waals surface area contributed by atoms with Crippen LogP contribution >= 0.6 is 15.9 Å². The molecule has 4 nitrogen and oxygen atoms in total. The van der Waals surface area contributed by atoms with E-state index in [2.05, 4.69) is 43.3 Å². The summed E-state index contributed by atoms with van der Waals surface area (Å²) in [4.78, 5) is 20.5. The lowest BCUT2D eigenvalue weighted by Gasteiger charge is -2.05. The lowest BCUT2D eigenvalue weighted by molar-refractivity contribution is -0.122. The van der Waals surface area contributed by atoms with Crippen LogP contribution in [0, 0.1) is 12.8 Å². The molecule has 1 saturated carbocycles. The number of nitrogens with one attached hydrogen (secondary N) is 1. The molecule has 0 spiro atoms. The van der Waals surface area contributed by atoms with E-state index in [0.29, 0.717) is 12.5 Å². The monoisotopic (exact) mass is 345 g/mol. The van der Waals surface area contributed by atoms with Gasteiger partial charge in [0.15, 0.2) is 0 Å². The van der Waals surface area contributed by atoms with Gasteiger partial charge in [-0.2, -0.15) is 0 Å². The number of benzene rings is 1. The molecule has 1 aliphatic carbocycles. The summed E-state index contributed by atoms with van der Waals surface area (Å²) in [6.07, 6.45) is 2.64. The highest BCUT2D eigenvalue weighted by atomic mass is 79.9. The van der Waals surface area contributed by atoms with E-state index in [1.165, 1.54) is 5.56 Å². The van der Waals surface area contributed by atoms with E-state index in [4.69, 9.17) is 0 Å². The maximum absolute atomic E-state index is 12.2. The normalized spacial score (nSPS) is 20.1. The summed E-state index contributed by atoms with van der Waals surface area (Å²) in [5.41, 5.74) is 2.07. The Bertz CT molecular complexity index is 674. The molecule has 1 aromatic heterocycles. The fourth-order valence-corrected chi connectivity index (χ4v) is 2.92. The van der Waals surface area contributed by atoms with Crippen LogP contribution in [0.3, 0.4) is 0 Å². The van der Waals surface area contributed by atoms with Crippen molar-refractivity contribution in [2.24, 2.45) is 5.92 Å². The molecule has 3 rings (SSSR count). The van der Waals surface area contributed by atoms with Gasteiger partial charge in [0.2, 0.25) is 5.91 Å². The Hall–Kier alpha value is -1.75. The van der Waals surface area contributed by atoms with E-state index in [1.807, 2.05) is 25.1 Å². The summed E-state index contributed by atoms with van der Waals surface area (Å²) in [7, 11) is 0. The zero-order valence-corrected chi connectivity index (χ0v) is 13.3. The average molecular weight is 346 g/mol. The largest absolute Gasteiger partial charge is 0.350 e. The molecule has 1 aromatic carbocycles. The fourth-order valence-electron chi connectivity index (χ4n) is 2.50. The zero-order chi connectivity index (χ0) is 14.8. The van der Waals surface area contributed by atoms with E-state index in [1.54, 1.807) is 6.20 Å². The quantitative estimate of drug-likeness (QED) is 0.926. The maximum Gasteiger partial charge on any atom is 0.224 e.